The summed E-state index contributed by atoms with van der Waals surface area (Å²) < 4.78 is 65.8. The van der Waals surface area contributed by atoms with E-state index in [1.807, 2.05) is 0 Å². The topological polar surface area (TPSA) is 69.7 Å². The summed E-state index contributed by atoms with van der Waals surface area (Å²) in [4.78, 5) is 10.9. The van der Waals surface area contributed by atoms with Gasteiger partial charge in [-0.15, -0.1) is 0 Å². The van der Waals surface area contributed by atoms with Gasteiger partial charge in [-0.1, -0.05) is 6.58 Å². The van der Waals surface area contributed by atoms with Crippen molar-refractivity contribution in [1.29, 1.82) is 0 Å². The van der Waals surface area contributed by atoms with Gasteiger partial charge in [0.05, 0.1) is 12.4 Å². The van der Waals surface area contributed by atoms with Gasteiger partial charge in [0.15, 0.2) is 6.61 Å². The highest BCUT2D eigenvalue weighted by molar-refractivity contribution is 7.86. The molecule has 0 atom stereocenters. The van der Waals surface area contributed by atoms with Crippen molar-refractivity contribution in [2.24, 2.45) is 0 Å². The predicted molar refractivity (Wildman–Crippen MR) is 60.8 cm³/mol. The Hall–Kier alpha value is -1.09. The van der Waals surface area contributed by atoms with Crippen molar-refractivity contribution in [1.82, 2.24) is 0 Å². The highest BCUT2D eigenvalue weighted by atomic mass is 32.2. The van der Waals surface area contributed by atoms with Crippen LogP contribution in [-0.4, -0.2) is 39.5 Å². The summed E-state index contributed by atoms with van der Waals surface area (Å²) in [6.45, 7) is 2.94. The first-order valence-electron chi connectivity index (χ1n) is 5.30. The molecule has 0 aromatic rings. The number of alkyl halides is 3. The van der Waals surface area contributed by atoms with Crippen molar-refractivity contribution in [3.8, 4) is 0 Å². The van der Waals surface area contributed by atoms with Crippen LogP contribution in [0.25, 0.3) is 0 Å². The van der Waals surface area contributed by atoms with Crippen molar-refractivity contribution >= 4 is 16.1 Å². The number of ether oxygens (including phenoxy) is 1. The lowest BCUT2D eigenvalue weighted by Crippen LogP contribution is -2.22. The molecule has 9 heteroatoms. The molecule has 0 spiro atoms. The Bertz CT molecular complexity index is 413. The molecule has 0 aliphatic heterocycles. The molecular formula is C10H15F3O5S. The Kier molecular flexibility index (Phi) is 7.06. The van der Waals surface area contributed by atoms with Crippen molar-refractivity contribution in [2.45, 2.75) is 25.9 Å². The Morgan fingerprint density at radius 1 is 1.26 bits per heavy atom. The largest absolute Gasteiger partial charge is 0.462 e. The number of rotatable bonds is 8. The summed E-state index contributed by atoms with van der Waals surface area (Å²) in [5.41, 5.74) is 0.209. The molecule has 19 heavy (non-hydrogen) atoms. The number of hydrogen-bond donors (Lipinski definition) is 0. The van der Waals surface area contributed by atoms with Gasteiger partial charge in [0.2, 0.25) is 0 Å². The van der Waals surface area contributed by atoms with E-state index in [0.717, 1.165) is 0 Å². The minimum absolute atomic E-state index is 0.0273. The fourth-order valence-electron chi connectivity index (χ4n) is 0.884. The minimum atomic E-state index is -4.69. The molecule has 0 aliphatic carbocycles. The summed E-state index contributed by atoms with van der Waals surface area (Å²) >= 11 is 0. The van der Waals surface area contributed by atoms with Crippen molar-refractivity contribution in [2.75, 3.05) is 19.0 Å². The highest BCUT2D eigenvalue weighted by Gasteiger charge is 2.30. The second-order valence-electron chi connectivity index (χ2n) is 3.76. The van der Waals surface area contributed by atoms with Gasteiger partial charge in [-0.25, -0.2) is 4.79 Å². The third-order valence-electron chi connectivity index (χ3n) is 1.77. The zero-order valence-corrected chi connectivity index (χ0v) is 11.1. The van der Waals surface area contributed by atoms with Crippen LogP contribution in [-0.2, 0) is 23.8 Å². The molecule has 0 fully saturated rings. The molecule has 0 bridgehead atoms. The number of esters is 1. The number of carbonyl (C=O) groups excluding carboxylic acids is 1. The van der Waals surface area contributed by atoms with Crippen molar-refractivity contribution in [3.63, 3.8) is 0 Å². The maximum atomic E-state index is 11.7. The number of hydrogen-bond acceptors (Lipinski definition) is 5. The Balaban J connectivity index is 3.82. The maximum Gasteiger partial charge on any atom is 0.413 e. The van der Waals surface area contributed by atoms with E-state index in [9.17, 15) is 26.4 Å². The van der Waals surface area contributed by atoms with Crippen molar-refractivity contribution in [3.05, 3.63) is 12.2 Å². The van der Waals surface area contributed by atoms with Crippen LogP contribution >= 0.6 is 0 Å². The predicted octanol–water partition coefficient (Wildman–Crippen LogP) is 1.79. The van der Waals surface area contributed by atoms with E-state index in [4.69, 9.17) is 0 Å². The SMILES string of the molecule is C=C(C)C(=O)OCCCCS(=O)(=O)OCC(F)(F)F. The molecule has 0 N–H and O–H groups in total. The summed E-state index contributed by atoms with van der Waals surface area (Å²) in [6, 6.07) is 0. The standard InChI is InChI=1S/C10H15F3O5S/c1-8(2)9(14)17-5-3-4-6-19(15,16)18-7-10(11,12)13/h1,3-7H2,2H3. The van der Waals surface area contributed by atoms with Crippen LogP contribution in [0.5, 0.6) is 0 Å². The van der Waals surface area contributed by atoms with E-state index in [0.29, 0.717) is 0 Å². The van der Waals surface area contributed by atoms with Crippen LogP contribution in [0.4, 0.5) is 13.2 Å². The lowest BCUT2D eigenvalue weighted by atomic mass is 10.3. The quantitative estimate of drug-likeness (QED) is 0.296. The van der Waals surface area contributed by atoms with E-state index >= 15 is 0 Å². The molecule has 0 heterocycles. The maximum absolute atomic E-state index is 11.7. The molecule has 0 saturated carbocycles. The number of unbranched alkanes of at least 4 members (excludes halogenated alkanes) is 1. The van der Waals surface area contributed by atoms with E-state index < -0.39 is 34.6 Å². The summed E-state index contributed by atoms with van der Waals surface area (Å²) in [5, 5.41) is 0. The number of halogens is 3. The van der Waals surface area contributed by atoms with Gasteiger partial charge in [0, 0.05) is 5.57 Å². The molecule has 5 nitrogen and oxygen atoms in total. The average Bonchev–Trinajstić information content (AvgIpc) is 2.24. The summed E-state index contributed by atoms with van der Waals surface area (Å²) in [5.74, 6) is -1.16. The monoisotopic (exact) mass is 304 g/mol. The zero-order chi connectivity index (χ0) is 15.1. The molecule has 112 valence electrons. The summed E-state index contributed by atoms with van der Waals surface area (Å²) in [7, 11) is -4.21. The van der Waals surface area contributed by atoms with Gasteiger partial charge < -0.3 is 4.74 Å². The van der Waals surface area contributed by atoms with Gasteiger partial charge in [-0.05, 0) is 19.8 Å². The molecule has 0 radical (unpaired) electrons. The van der Waals surface area contributed by atoms with E-state index in [2.05, 4.69) is 15.5 Å². The Labute approximate surface area is 109 Å². The van der Waals surface area contributed by atoms with Gasteiger partial charge >= 0.3 is 12.1 Å². The first-order valence-corrected chi connectivity index (χ1v) is 6.88. The van der Waals surface area contributed by atoms with E-state index in [1.165, 1.54) is 6.92 Å². The second kappa shape index (κ2) is 7.49. The molecule has 0 saturated heterocycles. The third-order valence-corrected chi connectivity index (χ3v) is 3.04. The lowest BCUT2D eigenvalue weighted by molar-refractivity contribution is -0.152. The second-order valence-corrected chi connectivity index (χ2v) is 5.52. The van der Waals surface area contributed by atoms with Gasteiger partial charge in [-0.2, -0.15) is 21.6 Å². The Morgan fingerprint density at radius 2 is 1.84 bits per heavy atom. The van der Waals surface area contributed by atoms with Crippen LogP contribution < -0.4 is 0 Å². The van der Waals surface area contributed by atoms with Gasteiger partial charge in [0.1, 0.15) is 0 Å². The normalized spacial score (nSPS) is 12.2. The number of carbonyl (C=O) groups is 1. The molecule has 0 aromatic heterocycles. The van der Waals surface area contributed by atoms with Gasteiger partial charge in [-0.3, -0.25) is 4.18 Å². The van der Waals surface area contributed by atoms with Crippen LogP contribution in [0.3, 0.4) is 0 Å². The van der Waals surface area contributed by atoms with Gasteiger partial charge in [0.25, 0.3) is 10.1 Å². The molecule has 0 aromatic carbocycles. The van der Waals surface area contributed by atoms with Crippen LogP contribution in [0, 0.1) is 0 Å². The summed E-state index contributed by atoms with van der Waals surface area (Å²) in [6.07, 6.45) is -4.46. The first-order chi connectivity index (χ1) is 8.53. The minimum Gasteiger partial charge on any atom is -0.462 e. The average molecular weight is 304 g/mol. The molecule has 0 rings (SSSR count). The van der Waals surface area contributed by atoms with E-state index in [-0.39, 0.29) is 25.0 Å². The molecule has 0 amide bonds. The fraction of sp³-hybridized carbons (Fsp3) is 0.700. The smallest absolute Gasteiger partial charge is 0.413 e. The lowest BCUT2D eigenvalue weighted by Gasteiger charge is -2.08. The molecule has 0 aliphatic rings. The van der Waals surface area contributed by atoms with Crippen molar-refractivity contribution < 1.29 is 35.3 Å². The first kappa shape index (κ1) is 17.9. The highest BCUT2D eigenvalue weighted by Crippen LogP contribution is 2.16. The van der Waals surface area contributed by atoms with E-state index in [1.54, 1.807) is 0 Å². The fourth-order valence-corrected chi connectivity index (χ4v) is 1.87. The third kappa shape index (κ3) is 10.5. The van der Waals surface area contributed by atoms with Crippen LogP contribution in [0.1, 0.15) is 19.8 Å². The Morgan fingerprint density at radius 3 is 2.32 bits per heavy atom. The van der Waals surface area contributed by atoms with Crippen LogP contribution in [0.15, 0.2) is 12.2 Å². The van der Waals surface area contributed by atoms with Crippen LogP contribution in [0.2, 0.25) is 0 Å². The molecule has 0 unspecified atom stereocenters. The zero-order valence-electron chi connectivity index (χ0n) is 10.3. The molecular weight excluding hydrogens is 289 g/mol.